The molecule has 0 saturated carbocycles. The van der Waals surface area contributed by atoms with Crippen LogP contribution in [0.3, 0.4) is 0 Å². The van der Waals surface area contributed by atoms with E-state index in [4.69, 9.17) is 32.7 Å². The molecule has 2 aromatic carbocycles. The SMILES string of the molecule is COc1ccc(CCCN(C)C)cc1COc1cccc(Cl)c1Cl. The number of halogens is 2. The van der Waals surface area contributed by atoms with Crippen molar-refractivity contribution >= 4 is 23.2 Å². The Morgan fingerprint density at radius 3 is 2.54 bits per heavy atom. The van der Waals surface area contributed by atoms with Crippen LogP contribution in [0.5, 0.6) is 11.5 Å². The molecule has 0 aliphatic heterocycles. The predicted octanol–water partition coefficient (Wildman–Crippen LogP) is 5.08. The highest BCUT2D eigenvalue weighted by Crippen LogP contribution is 2.32. The maximum absolute atomic E-state index is 6.17. The smallest absolute Gasteiger partial charge is 0.139 e. The zero-order valence-corrected chi connectivity index (χ0v) is 15.8. The Morgan fingerprint density at radius 2 is 1.83 bits per heavy atom. The summed E-state index contributed by atoms with van der Waals surface area (Å²) in [5.41, 5.74) is 2.27. The predicted molar refractivity (Wildman–Crippen MR) is 101 cm³/mol. The highest BCUT2D eigenvalue weighted by Gasteiger charge is 2.09. The van der Waals surface area contributed by atoms with Gasteiger partial charge in [0.2, 0.25) is 0 Å². The molecular weight excluding hydrogens is 345 g/mol. The number of aryl methyl sites for hydroxylation is 1. The van der Waals surface area contributed by atoms with E-state index < -0.39 is 0 Å². The summed E-state index contributed by atoms with van der Waals surface area (Å²) in [6.45, 7) is 1.45. The zero-order chi connectivity index (χ0) is 17.5. The van der Waals surface area contributed by atoms with Gasteiger partial charge < -0.3 is 14.4 Å². The molecule has 0 N–H and O–H groups in total. The van der Waals surface area contributed by atoms with Gasteiger partial charge in [0.05, 0.1) is 12.1 Å². The fourth-order valence-corrected chi connectivity index (χ4v) is 2.80. The van der Waals surface area contributed by atoms with Crippen LogP contribution in [0.2, 0.25) is 10.0 Å². The summed E-state index contributed by atoms with van der Waals surface area (Å²) in [6.07, 6.45) is 2.13. The van der Waals surface area contributed by atoms with Crippen LogP contribution in [0.15, 0.2) is 36.4 Å². The summed E-state index contributed by atoms with van der Waals surface area (Å²) in [5.74, 6) is 1.38. The van der Waals surface area contributed by atoms with E-state index in [9.17, 15) is 0 Å². The molecule has 0 bridgehead atoms. The van der Waals surface area contributed by atoms with E-state index in [-0.39, 0.29) is 0 Å². The molecule has 2 rings (SSSR count). The molecule has 0 heterocycles. The maximum atomic E-state index is 6.17. The first-order valence-corrected chi connectivity index (χ1v) is 8.64. The molecule has 0 unspecified atom stereocenters. The molecule has 0 aliphatic rings. The molecule has 0 amide bonds. The van der Waals surface area contributed by atoms with E-state index in [1.54, 1.807) is 13.2 Å². The largest absolute Gasteiger partial charge is 0.496 e. The highest BCUT2D eigenvalue weighted by atomic mass is 35.5. The Labute approximate surface area is 154 Å². The molecule has 0 aromatic heterocycles. The van der Waals surface area contributed by atoms with Gasteiger partial charge in [-0.2, -0.15) is 0 Å². The van der Waals surface area contributed by atoms with Crippen LogP contribution in [-0.4, -0.2) is 32.6 Å². The average molecular weight is 368 g/mol. The van der Waals surface area contributed by atoms with Crippen LogP contribution in [0.1, 0.15) is 17.5 Å². The third kappa shape index (κ3) is 5.30. The van der Waals surface area contributed by atoms with Gasteiger partial charge >= 0.3 is 0 Å². The molecule has 0 aliphatic carbocycles. The number of hydrogen-bond donors (Lipinski definition) is 0. The van der Waals surface area contributed by atoms with Crippen LogP contribution < -0.4 is 9.47 Å². The molecule has 3 nitrogen and oxygen atoms in total. The summed E-state index contributed by atoms with van der Waals surface area (Å²) < 4.78 is 11.3. The van der Waals surface area contributed by atoms with E-state index in [0.717, 1.165) is 30.7 Å². The van der Waals surface area contributed by atoms with Crippen molar-refractivity contribution in [3.05, 3.63) is 57.6 Å². The Hall–Kier alpha value is -1.42. The first-order chi connectivity index (χ1) is 11.5. The molecule has 0 atom stereocenters. The standard InChI is InChI=1S/C19H23Cl2NO2/c1-22(2)11-5-6-14-9-10-17(23-3)15(12-14)13-24-18-8-4-7-16(20)19(18)21/h4,7-10,12H,5-6,11,13H2,1-3H3. The van der Waals surface area contributed by atoms with Gasteiger partial charge in [-0.05, 0) is 63.3 Å². The quantitative estimate of drug-likeness (QED) is 0.649. The van der Waals surface area contributed by atoms with Crippen molar-refractivity contribution in [3.63, 3.8) is 0 Å². The van der Waals surface area contributed by atoms with Crippen molar-refractivity contribution < 1.29 is 9.47 Å². The van der Waals surface area contributed by atoms with Gasteiger partial charge in [0, 0.05) is 5.56 Å². The number of rotatable bonds is 8. The summed E-state index contributed by atoms with van der Waals surface area (Å²) in [7, 11) is 5.83. The minimum atomic E-state index is 0.380. The van der Waals surface area contributed by atoms with E-state index in [1.807, 2.05) is 18.2 Å². The van der Waals surface area contributed by atoms with Crippen molar-refractivity contribution in [3.8, 4) is 11.5 Å². The molecule has 130 valence electrons. The second kappa shape index (κ2) is 9.16. The molecule has 0 spiro atoms. The zero-order valence-electron chi connectivity index (χ0n) is 14.3. The van der Waals surface area contributed by atoms with Gasteiger partial charge in [-0.15, -0.1) is 0 Å². The van der Waals surface area contributed by atoms with Crippen molar-refractivity contribution in [2.45, 2.75) is 19.4 Å². The molecule has 0 fully saturated rings. The first-order valence-electron chi connectivity index (χ1n) is 7.88. The Kier molecular flexibility index (Phi) is 7.22. The summed E-state index contributed by atoms with van der Waals surface area (Å²) in [4.78, 5) is 2.19. The van der Waals surface area contributed by atoms with Crippen molar-refractivity contribution in [1.29, 1.82) is 0 Å². The normalized spacial score (nSPS) is 10.9. The molecule has 24 heavy (non-hydrogen) atoms. The van der Waals surface area contributed by atoms with E-state index in [1.165, 1.54) is 5.56 Å². The lowest BCUT2D eigenvalue weighted by Gasteiger charge is -2.14. The van der Waals surface area contributed by atoms with Crippen LogP contribution in [0.25, 0.3) is 0 Å². The second-order valence-corrected chi connectivity index (χ2v) is 6.68. The Balaban J connectivity index is 2.08. The van der Waals surface area contributed by atoms with Gasteiger partial charge in [0.1, 0.15) is 23.1 Å². The summed E-state index contributed by atoms with van der Waals surface area (Å²) >= 11 is 12.2. The van der Waals surface area contributed by atoms with Gasteiger partial charge in [-0.25, -0.2) is 0 Å². The van der Waals surface area contributed by atoms with Crippen LogP contribution in [0, 0.1) is 0 Å². The molecular formula is C19H23Cl2NO2. The van der Waals surface area contributed by atoms with Crippen LogP contribution >= 0.6 is 23.2 Å². The number of methoxy groups -OCH3 is 1. The molecule has 0 radical (unpaired) electrons. The molecule has 5 heteroatoms. The van der Waals surface area contributed by atoms with Crippen molar-refractivity contribution in [1.82, 2.24) is 4.90 Å². The van der Waals surface area contributed by atoms with Gasteiger partial charge in [-0.3, -0.25) is 0 Å². The van der Waals surface area contributed by atoms with E-state index in [2.05, 4.69) is 31.1 Å². The van der Waals surface area contributed by atoms with E-state index >= 15 is 0 Å². The lowest BCUT2D eigenvalue weighted by atomic mass is 10.1. The van der Waals surface area contributed by atoms with Gasteiger partial charge in [0.15, 0.2) is 0 Å². The van der Waals surface area contributed by atoms with Crippen LogP contribution in [-0.2, 0) is 13.0 Å². The number of hydrogen-bond acceptors (Lipinski definition) is 3. The van der Waals surface area contributed by atoms with E-state index in [0.29, 0.717) is 22.4 Å². The minimum Gasteiger partial charge on any atom is -0.496 e. The monoisotopic (exact) mass is 367 g/mol. The fraction of sp³-hybridized carbons (Fsp3) is 0.368. The van der Waals surface area contributed by atoms with Gasteiger partial charge in [0.25, 0.3) is 0 Å². The highest BCUT2D eigenvalue weighted by molar-refractivity contribution is 6.42. The van der Waals surface area contributed by atoms with Crippen molar-refractivity contribution in [2.75, 3.05) is 27.7 Å². The van der Waals surface area contributed by atoms with Gasteiger partial charge in [-0.1, -0.05) is 35.3 Å². The summed E-state index contributed by atoms with van der Waals surface area (Å²) in [5, 5.41) is 0.916. The number of nitrogens with zero attached hydrogens (tertiary/aromatic N) is 1. The lowest BCUT2D eigenvalue weighted by Crippen LogP contribution is -2.13. The molecule has 2 aromatic rings. The van der Waals surface area contributed by atoms with Crippen molar-refractivity contribution in [2.24, 2.45) is 0 Å². The third-order valence-electron chi connectivity index (χ3n) is 3.71. The molecule has 0 saturated heterocycles. The average Bonchev–Trinajstić information content (AvgIpc) is 2.56. The Bertz CT molecular complexity index is 674. The first kappa shape index (κ1) is 18.9. The number of ether oxygens (including phenoxy) is 2. The lowest BCUT2D eigenvalue weighted by molar-refractivity contribution is 0.296. The number of benzene rings is 2. The third-order valence-corrected chi connectivity index (χ3v) is 4.52. The second-order valence-electron chi connectivity index (χ2n) is 5.89. The topological polar surface area (TPSA) is 21.7 Å². The Morgan fingerprint density at radius 1 is 1.04 bits per heavy atom. The summed E-state index contributed by atoms with van der Waals surface area (Å²) in [6, 6.07) is 11.6. The fourth-order valence-electron chi connectivity index (χ4n) is 2.45. The minimum absolute atomic E-state index is 0.380. The van der Waals surface area contributed by atoms with Crippen LogP contribution in [0.4, 0.5) is 0 Å². The maximum Gasteiger partial charge on any atom is 0.139 e.